The molecule has 1 N–H and O–H groups in total. The molecule has 5 nitrogen and oxygen atoms in total. The molecular weight excluding hydrogens is 471 g/mol. The van der Waals surface area contributed by atoms with Crippen molar-refractivity contribution in [2.24, 2.45) is 0 Å². The fraction of sp³-hybridized carbons (Fsp3) is 0.185. The normalized spacial score (nSPS) is 11.0. The van der Waals surface area contributed by atoms with Crippen molar-refractivity contribution in [2.75, 3.05) is 11.9 Å². The highest BCUT2D eigenvalue weighted by molar-refractivity contribution is 6.32. The summed E-state index contributed by atoms with van der Waals surface area (Å²) >= 11 is 12.4. The SMILES string of the molecule is CCOc1cc(/C=C(\C#N)C(=O)Nc2ccccc2CC)cc(Cl)c1OCc1ccc(Cl)cc1. The van der Waals surface area contributed by atoms with Crippen molar-refractivity contribution in [2.45, 2.75) is 26.9 Å². The van der Waals surface area contributed by atoms with Gasteiger partial charge < -0.3 is 14.8 Å². The molecule has 0 saturated heterocycles. The van der Waals surface area contributed by atoms with E-state index in [-0.39, 0.29) is 12.2 Å². The van der Waals surface area contributed by atoms with Gasteiger partial charge in [-0.25, -0.2) is 0 Å². The number of amides is 1. The monoisotopic (exact) mass is 494 g/mol. The average Bonchev–Trinajstić information content (AvgIpc) is 2.83. The smallest absolute Gasteiger partial charge is 0.266 e. The Labute approximate surface area is 209 Å². The van der Waals surface area contributed by atoms with E-state index in [4.69, 9.17) is 32.7 Å². The number of hydrogen-bond acceptors (Lipinski definition) is 4. The number of halogens is 2. The number of carbonyl (C=O) groups is 1. The predicted molar refractivity (Wildman–Crippen MR) is 136 cm³/mol. The number of anilines is 1. The van der Waals surface area contributed by atoms with Crippen molar-refractivity contribution in [1.29, 1.82) is 5.26 Å². The summed E-state index contributed by atoms with van der Waals surface area (Å²) in [6.07, 6.45) is 2.23. The lowest BCUT2D eigenvalue weighted by atomic mass is 10.1. The van der Waals surface area contributed by atoms with Gasteiger partial charge >= 0.3 is 0 Å². The second-order valence-corrected chi connectivity index (χ2v) is 8.16. The number of nitriles is 1. The molecule has 174 valence electrons. The Hall–Kier alpha value is -3.46. The van der Waals surface area contributed by atoms with Crippen LogP contribution in [0.15, 0.2) is 66.2 Å². The molecule has 3 aromatic rings. The molecule has 0 spiro atoms. The third-order valence-corrected chi connectivity index (χ3v) is 5.48. The van der Waals surface area contributed by atoms with Crippen LogP contribution in [0.1, 0.15) is 30.5 Å². The summed E-state index contributed by atoms with van der Waals surface area (Å²) < 4.78 is 11.6. The number of ether oxygens (including phenoxy) is 2. The van der Waals surface area contributed by atoms with Gasteiger partial charge in [-0.3, -0.25) is 4.79 Å². The molecule has 7 heteroatoms. The van der Waals surface area contributed by atoms with Crippen LogP contribution in [0.25, 0.3) is 6.08 Å². The Kier molecular flexibility index (Phi) is 8.98. The number of para-hydroxylation sites is 1. The van der Waals surface area contributed by atoms with Gasteiger partial charge in [-0.05, 0) is 66.4 Å². The number of benzene rings is 3. The van der Waals surface area contributed by atoms with Crippen molar-refractivity contribution < 1.29 is 14.3 Å². The zero-order valence-electron chi connectivity index (χ0n) is 18.9. The Balaban J connectivity index is 1.85. The molecule has 0 aliphatic carbocycles. The average molecular weight is 495 g/mol. The summed E-state index contributed by atoms with van der Waals surface area (Å²) in [5.41, 5.74) is 3.07. The topological polar surface area (TPSA) is 71.3 Å². The van der Waals surface area contributed by atoms with Gasteiger partial charge in [0.05, 0.1) is 11.6 Å². The second kappa shape index (κ2) is 12.1. The Bertz CT molecular complexity index is 1230. The van der Waals surface area contributed by atoms with E-state index in [1.165, 1.54) is 6.08 Å². The standard InChI is InChI=1S/C27H24Cl2N2O3/c1-3-20-7-5-6-8-24(20)31-27(32)21(16-30)13-19-14-23(29)26(25(15-19)33-4-2)34-17-18-9-11-22(28)12-10-18/h5-15H,3-4,17H2,1-2H3,(H,31,32)/b21-13+. The first-order valence-corrected chi connectivity index (χ1v) is 11.5. The summed E-state index contributed by atoms with van der Waals surface area (Å²) in [7, 11) is 0. The summed E-state index contributed by atoms with van der Waals surface area (Å²) in [6.45, 7) is 4.51. The molecule has 0 heterocycles. The molecule has 0 bridgehead atoms. The van der Waals surface area contributed by atoms with Crippen LogP contribution < -0.4 is 14.8 Å². The molecule has 0 aliphatic heterocycles. The maximum absolute atomic E-state index is 12.8. The van der Waals surface area contributed by atoms with Crippen molar-refractivity contribution in [3.8, 4) is 17.6 Å². The fourth-order valence-electron chi connectivity index (χ4n) is 3.27. The number of hydrogen-bond donors (Lipinski definition) is 1. The van der Waals surface area contributed by atoms with E-state index < -0.39 is 5.91 Å². The van der Waals surface area contributed by atoms with E-state index in [2.05, 4.69) is 5.32 Å². The van der Waals surface area contributed by atoms with Gasteiger partial charge in [0.2, 0.25) is 0 Å². The van der Waals surface area contributed by atoms with Crippen molar-refractivity contribution in [3.63, 3.8) is 0 Å². The zero-order valence-corrected chi connectivity index (χ0v) is 20.4. The van der Waals surface area contributed by atoms with Crippen LogP contribution in [0, 0.1) is 11.3 Å². The first-order valence-electron chi connectivity index (χ1n) is 10.8. The van der Waals surface area contributed by atoms with E-state index in [0.29, 0.717) is 39.4 Å². The van der Waals surface area contributed by atoms with Crippen LogP contribution in [-0.2, 0) is 17.8 Å². The van der Waals surface area contributed by atoms with Crippen LogP contribution in [0.2, 0.25) is 10.0 Å². The predicted octanol–water partition coefficient (Wildman–Crippen LogP) is 7.08. The molecule has 1 amide bonds. The summed E-state index contributed by atoms with van der Waals surface area (Å²) in [5, 5.41) is 13.4. The maximum Gasteiger partial charge on any atom is 0.266 e. The zero-order chi connectivity index (χ0) is 24.5. The number of nitrogens with one attached hydrogen (secondary N) is 1. The Morgan fingerprint density at radius 2 is 1.79 bits per heavy atom. The molecule has 3 rings (SSSR count). The van der Waals surface area contributed by atoms with Crippen LogP contribution >= 0.6 is 23.2 Å². The van der Waals surface area contributed by atoms with Crippen LogP contribution in [-0.4, -0.2) is 12.5 Å². The first kappa shape index (κ1) is 25.2. The second-order valence-electron chi connectivity index (χ2n) is 7.31. The van der Waals surface area contributed by atoms with Gasteiger partial charge in [0.15, 0.2) is 11.5 Å². The Morgan fingerprint density at radius 1 is 1.06 bits per heavy atom. The molecule has 0 atom stereocenters. The van der Waals surface area contributed by atoms with Gasteiger partial charge in [0.25, 0.3) is 5.91 Å². The largest absolute Gasteiger partial charge is 0.490 e. The minimum absolute atomic E-state index is 0.0562. The molecule has 0 fully saturated rings. The van der Waals surface area contributed by atoms with Crippen molar-refractivity contribution in [1.82, 2.24) is 0 Å². The van der Waals surface area contributed by atoms with Crippen LogP contribution in [0.3, 0.4) is 0 Å². The summed E-state index contributed by atoms with van der Waals surface area (Å²) in [6, 6.07) is 20.1. The van der Waals surface area contributed by atoms with E-state index in [1.54, 1.807) is 24.3 Å². The van der Waals surface area contributed by atoms with Gasteiger partial charge in [-0.15, -0.1) is 0 Å². The highest BCUT2D eigenvalue weighted by Crippen LogP contribution is 2.38. The van der Waals surface area contributed by atoms with Gasteiger partial charge in [0.1, 0.15) is 18.2 Å². The van der Waals surface area contributed by atoms with Crippen molar-refractivity contribution >= 4 is 40.9 Å². The maximum atomic E-state index is 12.8. The molecular formula is C27H24Cl2N2O3. The van der Waals surface area contributed by atoms with E-state index in [9.17, 15) is 10.1 Å². The minimum Gasteiger partial charge on any atom is -0.490 e. The molecule has 3 aromatic carbocycles. The molecule has 34 heavy (non-hydrogen) atoms. The lowest BCUT2D eigenvalue weighted by Gasteiger charge is -2.15. The van der Waals surface area contributed by atoms with E-state index in [0.717, 1.165) is 17.5 Å². The minimum atomic E-state index is -0.499. The quantitative estimate of drug-likeness (QED) is 0.254. The number of carbonyl (C=O) groups excluding carboxylic acids is 1. The summed E-state index contributed by atoms with van der Waals surface area (Å²) in [5.74, 6) is 0.306. The van der Waals surface area contributed by atoms with Crippen LogP contribution in [0.4, 0.5) is 5.69 Å². The highest BCUT2D eigenvalue weighted by Gasteiger charge is 2.15. The van der Waals surface area contributed by atoms with Gasteiger partial charge in [-0.1, -0.05) is 60.5 Å². The summed E-state index contributed by atoms with van der Waals surface area (Å²) in [4.78, 5) is 12.8. The van der Waals surface area contributed by atoms with Crippen LogP contribution in [0.5, 0.6) is 11.5 Å². The number of rotatable bonds is 9. The number of aryl methyl sites for hydroxylation is 1. The molecule has 0 aliphatic rings. The lowest BCUT2D eigenvalue weighted by molar-refractivity contribution is -0.112. The lowest BCUT2D eigenvalue weighted by Crippen LogP contribution is -2.14. The highest BCUT2D eigenvalue weighted by atomic mass is 35.5. The first-order chi connectivity index (χ1) is 16.4. The Morgan fingerprint density at radius 3 is 2.47 bits per heavy atom. The molecule has 0 saturated carbocycles. The molecule has 0 radical (unpaired) electrons. The van der Waals surface area contributed by atoms with E-state index >= 15 is 0 Å². The van der Waals surface area contributed by atoms with Gasteiger partial charge in [-0.2, -0.15) is 5.26 Å². The number of nitrogens with zero attached hydrogens (tertiary/aromatic N) is 1. The third-order valence-electron chi connectivity index (χ3n) is 4.95. The van der Waals surface area contributed by atoms with Crippen molar-refractivity contribution in [3.05, 3.63) is 93.0 Å². The van der Waals surface area contributed by atoms with Gasteiger partial charge in [0, 0.05) is 10.7 Å². The molecule has 0 unspecified atom stereocenters. The van der Waals surface area contributed by atoms with E-state index in [1.807, 2.05) is 56.3 Å². The molecule has 0 aromatic heterocycles. The fourth-order valence-corrected chi connectivity index (χ4v) is 3.67. The third kappa shape index (κ3) is 6.54.